The lowest BCUT2D eigenvalue weighted by Gasteiger charge is -2.21. The van der Waals surface area contributed by atoms with E-state index in [0.717, 1.165) is 18.6 Å². The molecule has 1 saturated heterocycles. The molecule has 0 bridgehead atoms. The normalized spacial score (nSPS) is 20.9. The Morgan fingerprint density at radius 2 is 2.33 bits per heavy atom. The van der Waals surface area contributed by atoms with Crippen LogP contribution in [-0.2, 0) is 6.42 Å². The van der Waals surface area contributed by atoms with Gasteiger partial charge in [-0.1, -0.05) is 6.92 Å². The molecule has 0 spiro atoms. The maximum atomic E-state index is 4.74. The van der Waals surface area contributed by atoms with Gasteiger partial charge in [-0.25, -0.2) is 4.98 Å². The number of likely N-dealkylation sites (N-methyl/N-ethyl adjacent to an activating group) is 1. The highest BCUT2D eigenvalue weighted by Gasteiger charge is 2.23. The number of hydrogen-bond acceptors (Lipinski definition) is 2. The molecule has 3 rings (SSSR count). The van der Waals surface area contributed by atoms with E-state index in [4.69, 9.17) is 4.98 Å². The van der Waals surface area contributed by atoms with E-state index in [0.29, 0.717) is 6.04 Å². The minimum Gasteiger partial charge on any atom is -0.307 e. The van der Waals surface area contributed by atoms with Crippen LogP contribution in [0.15, 0.2) is 24.5 Å². The molecule has 0 radical (unpaired) electrons. The first kappa shape index (κ1) is 11.7. The molecule has 3 heteroatoms. The van der Waals surface area contributed by atoms with E-state index in [-0.39, 0.29) is 0 Å². The first-order chi connectivity index (χ1) is 8.76. The van der Waals surface area contributed by atoms with E-state index in [1.54, 1.807) is 0 Å². The second-order valence-electron chi connectivity index (χ2n) is 5.33. The fourth-order valence-electron chi connectivity index (χ4n) is 3.02. The van der Waals surface area contributed by atoms with Crippen molar-refractivity contribution in [3.63, 3.8) is 0 Å². The van der Waals surface area contributed by atoms with Crippen LogP contribution in [0.5, 0.6) is 0 Å². The first-order valence-electron chi connectivity index (χ1n) is 6.94. The summed E-state index contributed by atoms with van der Waals surface area (Å²) in [7, 11) is 0. The molecule has 1 fully saturated rings. The summed E-state index contributed by atoms with van der Waals surface area (Å²) in [6.45, 7) is 6.79. The second kappa shape index (κ2) is 4.73. The summed E-state index contributed by atoms with van der Waals surface area (Å²) in [6, 6.07) is 4.98. The van der Waals surface area contributed by atoms with Crippen molar-refractivity contribution in [2.24, 2.45) is 0 Å². The number of hydrogen-bond donors (Lipinski definition) is 0. The number of aryl methyl sites for hydroxylation is 1. The van der Waals surface area contributed by atoms with Gasteiger partial charge in [-0.2, -0.15) is 0 Å². The van der Waals surface area contributed by atoms with Crippen molar-refractivity contribution in [1.82, 2.24) is 14.3 Å². The smallest absolute Gasteiger partial charge is 0.137 e. The molecule has 1 unspecified atom stereocenters. The standard InChI is InChI=1S/C15H21N3/c1-3-17-7-4-5-14(17)10-13-11-18-8-6-12(2)9-15(18)16-13/h6,8-9,11,14H,3-5,7,10H2,1-2H3. The fourth-order valence-corrected chi connectivity index (χ4v) is 3.02. The predicted molar refractivity (Wildman–Crippen MR) is 73.9 cm³/mol. The summed E-state index contributed by atoms with van der Waals surface area (Å²) in [5.74, 6) is 0. The van der Waals surface area contributed by atoms with Gasteiger partial charge in [0.05, 0.1) is 5.69 Å². The number of imidazole rings is 1. The van der Waals surface area contributed by atoms with Crippen molar-refractivity contribution in [2.45, 2.75) is 39.2 Å². The zero-order valence-corrected chi connectivity index (χ0v) is 11.3. The van der Waals surface area contributed by atoms with E-state index in [1.165, 1.54) is 30.6 Å². The van der Waals surface area contributed by atoms with Gasteiger partial charge in [0.2, 0.25) is 0 Å². The van der Waals surface area contributed by atoms with E-state index in [1.807, 2.05) is 0 Å². The van der Waals surface area contributed by atoms with Gasteiger partial charge in [-0.3, -0.25) is 0 Å². The maximum absolute atomic E-state index is 4.74. The van der Waals surface area contributed by atoms with Crippen molar-refractivity contribution >= 4 is 5.65 Å². The van der Waals surface area contributed by atoms with Gasteiger partial charge in [-0.05, 0) is 50.6 Å². The lowest BCUT2D eigenvalue weighted by atomic mass is 10.1. The van der Waals surface area contributed by atoms with Crippen LogP contribution in [0.1, 0.15) is 31.0 Å². The van der Waals surface area contributed by atoms with Crippen LogP contribution >= 0.6 is 0 Å². The van der Waals surface area contributed by atoms with Crippen LogP contribution in [0, 0.1) is 6.92 Å². The SMILES string of the molecule is CCN1CCCC1Cc1cn2ccc(C)cc2n1. The van der Waals surface area contributed by atoms with Gasteiger partial charge < -0.3 is 9.30 Å². The molecule has 2 aromatic heterocycles. The molecule has 0 aliphatic carbocycles. The molecule has 3 heterocycles. The minimum atomic E-state index is 0.695. The van der Waals surface area contributed by atoms with Crippen LogP contribution in [0.3, 0.4) is 0 Å². The van der Waals surface area contributed by atoms with Crippen LogP contribution in [-0.4, -0.2) is 33.4 Å². The van der Waals surface area contributed by atoms with Gasteiger partial charge in [-0.15, -0.1) is 0 Å². The quantitative estimate of drug-likeness (QED) is 0.826. The van der Waals surface area contributed by atoms with Crippen LogP contribution < -0.4 is 0 Å². The number of rotatable bonds is 3. The van der Waals surface area contributed by atoms with Crippen molar-refractivity contribution in [2.75, 3.05) is 13.1 Å². The van der Waals surface area contributed by atoms with E-state index in [2.05, 4.69) is 47.7 Å². The number of likely N-dealkylation sites (tertiary alicyclic amines) is 1. The second-order valence-corrected chi connectivity index (χ2v) is 5.33. The third kappa shape index (κ3) is 2.15. The van der Waals surface area contributed by atoms with Crippen molar-refractivity contribution in [3.05, 3.63) is 35.8 Å². The largest absolute Gasteiger partial charge is 0.307 e. The summed E-state index contributed by atoms with van der Waals surface area (Å²) >= 11 is 0. The Kier molecular flexibility index (Phi) is 3.08. The summed E-state index contributed by atoms with van der Waals surface area (Å²) in [5, 5.41) is 0. The fraction of sp³-hybridized carbons (Fsp3) is 0.533. The molecule has 0 amide bonds. The molecule has 18 heavy (non-hydrogen) atoms. The lowest BCUT2D eigenvalue weighted by molar-refractivity contribution is 0.265. The third-order valence-electron chi connectivity index (χ3n) is 4.02. The number of nitrogens with zero attached hydrogens (tertiary/aromatic N) is 3. The molecule has 3 nitrogen and oxygen atoms in total. The molecule has 1 atom stereocenters. The third-order valence-corrected chi connectivity index (χ3v) is 4.02. The van der Waals surface area contributed by atoms with Gasteiger partial charge in [0.25, 0.3) is 0 Å². The number of aromatic nitrogens is 2. The molecule has 0 saturated carbocycles. The molecule has 1 aliphatic heterocycles. The summed E-state index contributed by atoms with van der Waals surface area (Å²) in [5.41, 5.74) is 3.58. The Morgan fingerprint density at radius 1 is 1.44 bits per heavy atom. The minimum absolute atomic E-state index is 0.695. The average Bonchev–Trinajstić information content (AvgIpc) is 2.94. The molecule has 2 aromatic rings. The van der Waals surface area contributed by atoms with Crippen molar-refractivity contribution in [3.8, 4) is 0 Å². The van der Waals surface area contributed by atoms with Crippen LogP contribution in [0.25, 0.3) is 5.65 Å². The van der Waals surface area contributed by atoms with E-state index >= 15 is 0 Å². The highest BCUT2D eigenvalue weighted by molar-refractivity contribution is 5.42. The zero-order valence-electron chi connectivity index (χ0n) is 11.3. The molecule has 0 N–H and O–H groups in total. The van der Waals surface area contributed by atoms with Crippen LogP contribution in [0.4, 0.5) is 0 Å². The monoisotopic (exact) mass is 243 g/mol. The molecule has 1 aliphatic rings. The topological polar surface area (TPSA) is 20.5 Å². The Bertz CT molecular complexity index is 544. The van der Waals surface area contributed by atoms with Crippen LogP contribution in [0.2, 0.25) is 0 Å². The van der Waals surface area contributed by atoms with Crippen molar-refractivity contribution < 1.29 is 0 Å². The first-order valence-corrected chi connectivity index (χ1v) is 6.94. The Hall–Kier alpha value is -1.35. The Morgan fingerprint density at radius 3 is 3.17 bits per heavy atom. The molecule has 0 aromatic carbocycles. The Balaban J connectivity index is 1.82. The maximum Gasteiger partial charge on any atom is 0.137 e. The summed E-state index contributed by atoms with van der Waals surface area (Å²) < 4.78 is 2.13. The summed E-state index contributed by atoms with van der Waals surface area (Å²) in [6.07, 6.45) is 8.04. The van der Waals surface area contributed by atoms with Gasteiger partial charge in [0.15, 0.2) is 0 Å². The molecular weight excluding hydrogens is 222 g/mol. The van der Waals surface area contributed by atoms with Gasteiger partial charge in [0, 0.05) is 24.9 Å². The highest BCUT2D eigenvalue weighted by Crippen LogP contribution is 2.20. The molecular formula is C15H21N3. The average molecular weight is 243 g/mol. The van der Waals surface area contributed by atoms with Gasteiger partial charge >= 0.3 is 0 Å². The molecule has 96 valence electrons. The predicted octanol–water partition coefficient (Wildman–Crippen LogP) is 2.67. The number of fused-ring (bicyclic) bond motifs is 1. The Labute approximate surface area is 108 Å². The van der Waals surface area contributed by atoms with Gasteiger partial charge in [0.1, 0.15) is 5.65 Å². The van der Waals surface area contributed by atoms with E-state index in [9.17, 15) is 0 Å². The lowest BCUT2D eigenvalue weighted by Crippen LogP contribution is -2.30. The van der Waals surface area contributed by atoms with Crippen molar-refractivity contribution in [1.29, 1.82) is 0 Å². The zero-order chi connectivity index (χ0) is 12.5. The van der Waals surface area contributed by atoms with E-state index < -0.39 is 0 Å². The number of pyridine rings is 1. The highest BCUT2D eigenvalue weighted by atomic mass is 15.2. The summed E-state index contributed by atoms with van der Waals surface area (Å²) in [4.78, 5) is 7.32.